The third kappa shape index (κ3) is 6.11. The van der Waals surface area contributed by atoms with Crippen LogP contribution in [0.25, 0.3) is 0 Å². The van der Waals surface area contributed by atoms with Crippen molar-refractivity contribution < 1.29 is 9.53 Å². The maximum absolute atomic E-state index is 11.9. The van der Waals surface area contributed by atoms with Crippen LogP contribution < -0.4 is 9.64 Å². The van der Waals surface area contributed by atoms with Gasteiger partial charge in [0.2, 0.25) is 0 Å². The molecule has 1 aliphatic heterocycles. The summed E-state index contributed by atoms with van der Waals surface area (Å²) in [6, 6.07) is 16.6. The molecule has 0 spiro atoms. The quantitative estimate of drug-likeness (QED) is 0.617. The van der Waals surface area contributed by atoms with Crippen LogP contribution >= 0.6 is 24.8 Å². The monoisotopic (exact) mass is 436 g/mol. The van der Waals surface area contributed by atoms with E-state index in [1.165, 1.54) is 5.69 Å². The summed E-state index contributed by atoms with van der Waals surface area (Å²) in [5.41, 5.74) is 3.37. The Morgan fingerprint density at radius 2 is 1.66 bits per heavy atom. The summed E-state index contributed by atoms with van der Waals surface area (Å²) in [6.07, 6.45) is 3.67. The van der Waals surface area contributed by atoms with E-state index in [2.05, 4.69) is 46.2 Å². The molecule has 2 aromatic carbocycles. The first kappa shape index (κ1) is 23.5. The number of piperazine rings is 1. The van der Waals surface area contributed by atoms with Crippen LogP contribution in [0, 0.1) is 0 Å². The first-order valence-corrected chi connectivity index (χ1v) is 10.1. The molecule has 1 fully saturated rings. The van der Waals surface area contributed by atoms with Gasteiger partial charge in [-0.3, -0.25) is 9.69 Å². The second-order valence-corrected chi connectivity index (χ2v) is 7.46. The van der Waals surface area contributed by atoms with Crippen LogP contribution in [0.15, 0.2) is 48.5 Å². The molecule has 0 N–H and O–H groups in total. The molecule has 2 aliphatic rings. The lowest BCUT2D eigenvalue weighted by Crippen LogP contribution is -2.46. The highest BCUT2D eigenvalue weighted by Gasteiger charge is 2.18. The third-order valence-corrected chi connectivity index (χ3v) is 5.61. The Bertz CT molecular complexity index is 778. The van der Waals surface area contributed by atoms with Gasteiger partial charge in [0.15, 0.2) is 5.78 Å². The predicted molar refractivity (Wildman–Crippen MR) is 123 cm³/mol. The van der Waals surface area contributed by atoms with Gasteiger partial charge in [-0.05, 0) is 55.2 Å². The van der Waals surface area contributed by atoms with Crippen molar-refractivity contribution in [1.82, 2.24) is 4.90 Å². The van der Waals surface area contributed by atoms with Crippen molar-refractivity contribution in [2.24, 2.45) is 0 Å². The standard InChI is InChI=1S/C23H28N2O2.2ClH/c26-23-9-4-6-19-18-21(10-11-22(19)23)27-17-5-12-24-13-15-25(16-14-24)20-7-2-1-3-8-20;;/h1-3,7-8,10-11,18H,4-6,9,12-17H2;2*1H. The Hall–Kier alpha value is -1.75. The van der Waals surface area contributed by atoms with E-state index in [0.717, 1.165) is 75.5 Å². The average Bonchev–Trinajstić information content (AvgIpc) is 2.72. The number of carbonyl (C=O) groups excluding carboxylic acids is 1. The first-order valence-electron chi connectivity index (χ1n) is 10.1. The third-order valence-electron chi connectivity index (χ3n) is 5.61. The van der Waals surface area contributed by atoms with Crippen molar-refractivity contribution in [1.29, 1.82) is 0 Å². The number of hydrogen-bond acceptors (Lipinski definition) is 4. The second kappa shape index (κ2) is 11.4. The Morgan fingerprint density at radius 1 is 0.897 bits per heavy atom. The van der Waals surface area contributed by atoms with Gasteiger partial charge >= 0.3 is 0 Å². The van der Waals surface area contributed by atoms with Crippen LogP contribution in [0.5, 0.6) is 5.75 Å². The van der Waals surface area contributed by atoms with Gasteiger partial charge in [-0.2, -0.15) is 0 Å². The van der Waals surface area contributed by atoms with E-state index in [-0.39, 0.29) is 30.6 Å². The minimum atomic E-state index is 0. The fourth-order valence-electron chi connectivity index (χ4n) is 4.06. The van der Waals surface area contributed by atoms with E-state index in [1.54, 1.807) is 0 Å². The number of hydrogen-bond donors (Lipinski definition) is 0. The number of halogens is 2. The summed E-state index contributed by atoms with van der Waals surface area (Å²) in [5.74, 6) is 1.18. The van der Waals surface area contributed by atoms with Crippen LogP contribution in [0.4, 0.5) is 5.69 Å². The summed E-state index contributed by atoms with van der Waals surface area (Å²) in [6.45, 7) is 6.19. The van der Waals surface area contributed by atoms with E-state index in [4.69, 9.17) is 4.74 Å². The molecule has 0 aromatic heterocycles. The topological polar surface area (TPSA) is 32.8 Å². The molecule has 0 saturated carbocycles. The van der Waals surface area contributed by atoms with Crippen LogP contribution in [0.3, 0.4) is 0 Å². The number of anilines is 1. The number of ketones is 1. The Morgan fingerprint density at radius 3 is 2.41 bits per heavy atom. The second-order valence-electron chi connectivity index (χ2n) is 7.46. The summed E-state index contributed by atoms with van der Waals surface area (Å²) in [5, 5.41) is 0. The molecule has 158 valence electrons. The van der Waals surface area contributed by atoms with Crippen molar-refractivity contribution in [3.63, 3.8) is 0 Å². The summed E-state index contributed by atoms with van der Waals surface area (Å²) in [7, 11) is 0. The van der Waals surface area contributed by atoms with Gasteiger partial charge in [0.05, 0.1) is 6.61 Å². The van der Waals surface area contributed by atoms with Crippen LogP contribution in [0.2, 0.25) is 0 Å². The molecule has 2 aromatic rings. The smallest absolute Gasteiger partial charge is 0.163 e. The van der Waals surface area contributed by atoms with E-state index in [9.17, 15) is 4.79 Å². The van der Waals surface area contributed by atoms with Gasteiger partial charge in [-0.15, -0.1) is 24.8 Å². The molecule has 0 bridgehead atoms. The zero-order valence-electron chi connectivity index (χ0n) is 16.7. The van der Waals surface area contributed by atoms with Crippen molar-refractivity contribution in [3.05, 3.63) is 59.7 Å². The number of carbonyl (C=O) groups is 1. The fourth-order valence-corrected chi connectivity index (χ4v) is 4.06. The predicted octanol–water partition coefficient (Wildman–Crippen LogP) is 4.64. The van der Waals surface area contributed by atoms with Crippen molar-refractivity contribution in [2.45, 2.75) is 25.7 Å². The molecule has 0 amide bonds. The lowest BCUT2D eigenvalue weighted by Gasteiger charge is -2.36. The molecule has 4 nitrogen and oxygen atoms in total. The molecule has 1 saturated heterocycles. The highest BCUT2D eigenvalue weighted by Crippen LogP contribution is 2.25. The summed E-state index contributed by atoms with van der Waals surface area (Å²) >= 11 is 0. The van der Waals surface area contributed by atoms with Gasteiger partial charge < -0.3 is 9.64 Å². The number of nitrogens with zero attached hydrogens (tertiary/aromatic N) is 2. The van der Waals surface area contributed by atoms with Gasteiger partial charge in [-0.1, -0.05) is 18.2 Å². The molecule has 6 heteroatoms. The fraction of sp³-hybridized carbons (Fsp3) is 0.435. The number of fused-ring (bicyclic) bond motifs is 1. The molecule has 0 atom stereocenters. The van der Waals surface area contributed by atoms with Crippen LogP contribution in [-0.4, -0.2) is 50.0 Å². The SMILES string of the molecule is Cl.Cl.O=C1CCCc2cc(OCCCN3CCN(c4ccccc4)CC3)ccc21. The van der Waals surface area contributed by atoms with Crippen molar-refractivity contribution in [3.8, 4) is 5.75 Å². The maximum Gasteiger partial charge on any atom is 0.163 e. The molecule has 0 radical (unpaired) electrons. The normalized spacial score (nSPS) is 16.4. The largest absolute Gasteiger partial charge is 0.494 e. The summed E-state index contributed by atoms with van der Waals surface area (Å²) in [4.78, 5) is 16.9. The minimum absolute atomic E-state index is 0. The molecule has 29 heavy (non-hydrogen) atoms. The van der Waals surface area contributed by atoms with Crippen LogP contribution in [-0.2, 0) is 6.42 Å². The lowest BCUT2D eigenvalue weighted by molar-refractivity contribution is 0.0972. The summed E-state index contributed by atoms with van der Waals surface area (Å²) < 4.78 is 5.94. The number of para-hydroxylation sites is 1. The van der Waals surface area contributed by atoms with Gasteiger partial charge in [0.1, 0.15) is 5.75 Å². The van der Waals surface area contributed by atoms with E-state index in [0.29, 0.717) is 6.42 Å². The number of aryl methyl sites for hydroxylation is 1. The van der Waals surface area contributed by atoms with E-state index >= 15 is 0 Å². The van der Waals surface area contributed by atoms with E-state index < -0.39 is 0 Å². The van der Waals surface area contributed by atoms with Crippen molar-refractivity contribution >= 4 is 36.3 Å². The maximum atomic E-state index is 11.9. The number of rotatable bonds is 6. The molecule has 1 aliphatic carbocycles. The van der Waals surface area contributed by atoms with E-state index in [1.807, 2.05) is 12.1 Å². The first-order chi connectivity index (χ1) is 13.3. The lowest BCUT2D eigenvalue weighted by atomic mass is 9.90. The highest BCUT2D eigenvalue weighted by molar-refractivity contribution is 5.98. The minimum Gasteiger partial charge on any atom is -0.494 e. The number of ether oxygens (including phenoxy) is 1. The van der Waals surface area contributed by atoms with Crippen LogP contribution in [0.1, 0.15) is 35.2 Å². The molecule has 1 heterocycles. The highest BCUT2D eigenvalue weighted by atomic mass is 35.5. The molecular weight excluding hydrogens is 407 g/mol. The zero-order valence-corrected chi connectivity index (χ0v) is 18.4. The number of Topliss-reactive ketones (excluding diaryl/α,β-unsaturated/α-hetero) is 1. The molecule has 4 rings (SSSR count). The van der Waals surface area contributed by atoms with Gasteiger partial charge in [0.25, 0.3) is 0 Å². The van der Waals surface area contributed by atoms with Gasteiger partial charge in [-0.25, -0.2) is 0 Å². The Kier molecular flexibility index (Phi) is 9.28. The van der Waals surface area contributed by atoms with Crippen molar-refractivity contribution in [2.75, 3.05) is 44.2 Å². The zero-order chi connectivity index (χ0) is 18.5. The average molecular weight is 437 g/mol. The number of benzene rings is 2. The van der Waals surface area contributed by atoms with Gasteiger partial charge in [0, 0.05) is 50.4 Å². The molecule has 0 unspecified atom stereocenters. The Balaban J connectivity index is 0.00000150. The Labute approximate surface area is 186 Å². The molecular formula is C23H30Cl2N2O2.